The fourth-order valence-corrected chi connectivity index (χ4v) is 6.19. The second kappa shape index (κ2) is 19.2. The van der Waals surface area contributed by atoms with Gasteiger partial charge in [-0.2, -0.15) is 0 Å². The average molecular weight is 751 g/mol. The lowest BCUT2D eigenvalue weighted by Crippen LogP contribution is -2.28. The molecule has 0 spiro atoms. The van der Waals surface area contributed by atoms with Crippen LogP contribution in [0.15, 0.2) is 69.0 Å². The molecule has 1 aliphatic heterocycles. The maximum absolute atomic E-state index is 12.6. The lowest BCUT2D eigenvalue weighted by Gasteiger charge is -2.19. The Morgan fingerprint density at radius 1 is 1.00 bits per heavy atom. The van der Waals surface area contributed by atoms with E-state index in [4.69, 9.17) is 9.15 Å². The second-order valence-corrected chi connectivity index (χ2v) is 15.8. The Morgan fingerprint density at radius 3 is 2.12 bits per heavy atom. The van der Waals surface area contributed by atoms with Gasteiger partial charge in [-0.15, -0.1) is 23.5 Å². The molecule has 0 radical (unpaired) electrons. The van der Waals surface area contributed by atoms with Crippen molar-refractivity contribution in [3.05, 3.63) is 71.2 Å². The summed E-state index contributed by atoms with van der Waals surface area (Å²) in [5.41, 5.74) is 2.73. The SMILES string of the molecule is CC1(C)[C@H](/C=C2\CCSC2=O)[C@@H]1C(=O)OCc1coc(Cc2ccccc2)c1.CS/C(C)=N\OC(=O)N(C)SN(C)C(=O)O/N=C(/C)SC. The number of hydrogen-bond donors (Lipinski definition) is 0. The lowest BCUT2D eigenvalue weighted by molar-refractivity contribution is -0.147. The van der Waals surface area contributed by atoms with Crippen LogP contribution < -0.4 is 0 Å². The number of carbonyl (C=O) groups is 4. The largest absolute Gasteiger partial charge is 0.469 e. The van der Waals surface area contributed by atoms with Gasteiger partial charge in [0, 0.05) is 37.4 Å². The van der Waals surface area contributed by atoms with Gasteiger partial charge in [0.15, 0.2) is 0 Å². The molecule has 1 saturated heterocycles. The molecule has 1 saturated carbocycles. The first-order chi connectivity index (χ1) is 23.3. The number of nitrogens with zero attached hydrogens (tertiary/aromatic N) is 4. The van der Waals surface area contributed by atoms with E-state index in [1.165, 1.54) is 54.9 Å². The summed E-state index contributed by atoms with van der Waals surface area (Å²) in [6.07, 6.45) is 7.37. The van der Waals surface area contributed by atoms with Crippen molar-refractivity contribution in [1.82, 2.24) is 8.61 Å². The molecule has 49 heavy (non-hydrogen) atoms. The number of furan rings is 1. The summed E-state index contributed by atoms with van der Waals surface area (Å²) >= 11 is 4.87. The molecule has 0 unspecified atom stereocenters. The van der Waals surface area contributed by atoms with Crippen molar-refractivity contribution in [2.75, 3.05) is 32.4 Å². The summed E-state index contributed by atoms with van der Waals surface area (Å²) in [7, 11) is 2.88. The first kappa shape index (κ1) is 40.1. The molecule has 0 N–H and O–H groups in total. The molecular weight excluding hydrogens is 709 g/mol. The van der Waals surface area contributed by atoms with E-state index >= 15 is 0 Å². The number of esters is 1. The number of ether oxygens (including phenoxy) is 1. The van der Waals surface area contributed by atoms with Crippen LogP contribution >= 0.6 is 47.4 Å². The summed E-state index contributed by atoms with van der Waals surface area (Å²) in [5.74, 6) is 1.39. The summed E-state index contributed by atoms with van der Waals surface area (Å²) in [4.78, 5) is 57.0. The third-order valence-corrected chi connectivity index (χ3v) is 10.6. The quantitative estimate of drug-likeness (QED) is 0.0444. The molecule has 12 nitrogen and oxygen atoms in total. The van der Waals surface area contributed by atoms with E-state index in [1.807, 2.05) is 42.9 Å². The number of hydrogen-bond acceptors (Lipinski definition) is 14. The van der Waals surface area contributed by atoms with E-state index in [0.717, 1.165) is 49.8 Å². The predicted molar refractivity (Wildman–Crippen MR) is 198 cm³/mol. The first-order valence-corrected chi connectivity index (χ1v) is 19.3. The molecular formula is C33H42N4O8S4. The van der Waals surface area contributed by atoms with Gasteiger partial charge < -0.3 is 9.15 Å². The Kier molecular flexibility index (Phi) is 15.7. The lowest BCUT2D eigenvalue weighted by atomic mass is 10.1. The fraction of sp³-hybridized carbons (Fsp3) is 0.455. The minimum atomic E-state index is -0.711. The normalized spacial score (nSPS) is 19.1. The highest BCUT2D eigenvalue weighted by Crippen LogP contribution is 2.60. The molecule has 2 aromatic rings. The van der Waals surface area contributed by atoms with Gasteiger partial charge in [0.2, 0.25) is 5.12 Å². The Labute approximate surface area is 304 Å². The number of rotatable bonds is 10. The van der Waals surface area contributed by atoms with Crippen molar-refractivity contribution >= 4 is 80.8 Å². The van der Waals surface area contributed by atoms with E-state index in [9.17, 15) is 19.2 Å². The molecule has 16 heteroatoms. The van der Waals surface area contributed by atoms with E-state index in [-0.39, 0.29) is 34.9 Å². The number of allylic oxidation sites excluding steroid dienone is 1. The maximum Gasteiger partial charge on any atom is 0.447 e. The zero-order chi connectivity index (χ0) is 36.1. The van der Waals surface area contributed by atoms with Gasteiger partial charge in [-0.1, -0.05) is 72.3 Å². The predicted octanol–water partition coefficient (Wildman–Crippen LogP) is 7.85. The van der Waals surface area contributed by atoms with E-state index in [2.05, 4.69) is 46.0 Å². The number of oxime groups is 2. The van der Waals surface area contributed by atoms with Gasteiger partial charge in [-0.25, -0.2) is 18.2 Å². The maximum atomic E-state index is 12.6. The van der Waals surface area contributed by atoms with Gasteiger partial charge >= 0.3 is 18.2 Å². The third-order valence-electron chi connectivity index (χ3n) is 7.58. The number of benzene rings is 1. The Balaban J connectivity index is 0.000000279. The summed E-state index contributed by atoms with van der Waals surface area (Å²) in [6.45, 7) is 7.75. The summed E-state index contributed by atoms with van der Waals surface area (Å²) in [6, 6.07) is 12.0. The average Bonchev–Trinajstić information content (AvgIpc) is 3.40. The van der Waals surface area contributed by atoms with E-state index < -0.39 is 12.2 Å². The smallest absolute Gasteiger partial charge is 0.447 e. The number of thioether (sulfide) groups is 3. The van der Waals surface area contributed by atoms with Crippen LogP contribution in [-0.2, 0) is 37.0 Å². The van der Waals surface area contributed by atoms with Crippen molar-refractivity contribution < 1.29 is 38.0 Å². The van der Waals surface area contributed by atoms with Crippen molar-refractivity contribution in [1.29, 1.82) is 0 Å². The molecule has 266 valence electrons. The van der Waals surface area contributed by atoms with Crippen LogP contribution in [0.25, 0.3) is 0 Å². The monoisotopic (exact) mass is 750 g/mol. The molecule has 2 amide bonds. The molecule has 1 aromatic heterocycles. The van der Waals surface area contributed by atoms with Crippen LogP contribution in [0.5, 0.6) is 0 Å². The molecule has 2 fully saturated rings. The van der Waals surface area contributed by atoms with Gasteiger partial charge in [-0.05, 0) is 55.7 Å². The second-order valence-electron chi connectivity index (χ2n) is 11.5. The highest BCUT2D eigenvalue weighted by atomic mass is 32.2. The molecule has 1 aromatic carbocycles. The van der Waals surface area contributed by atoms with Crippen LogP contribution in [0, 0.1) is 17.3 Å². The van der Waals surface area contributed by atoms with Gasteiger partial charge in [-0.3, -0.25) is 19.3 Å². The van der Waals surface area contributed by atoms with Crippen molar-refractivity contribution in [2.45, 2.75) is 47.1 Å². The van der Waals surface area contributed by atoms with Crippen LogP contribution in [0.4, 0.5) is 9.59 Å². The summed E-state index contributed by atoms with van der Waals surface area (Å²) < 4.78 is 13.4. The van der Waals surface area contributed by atoms with E-state index in [0.29, 0.717) is 16.5 Å². The molecule has 2 heterocycles. The topological polar surface area (TPSA) is 140 Å². The van der Waals surface area contributed by atoms with Gasteiger partial charge in [0.1, 0.15) is 22.5 Å². The van der Waals surface area contributed by atoms with Crippen LogP contribution in [-0.4, -0.2) is 74.3 Å². The Morgan fingerprint density at radius 2 is 1.59 bits per heavy atom. The van der Waals surface area contributed by atoms with Crippen LogP contribution in [0.2, 0.25) is 0 Å². The van der Waals surface area contributed by atoms with Crippen molar-refractivity contribution in [3.8, 4) is 0 Å². The summed E-state index contributed by atoms with van der Waals surface area (Å²) in [5, 5.41) is 8.57. The number of amides is 2. The highest BCUT2D eigenvalue weighted by Gasteiger charge is 2.61. The molecule has 2 aliphatic rings. The first-order valence-electron chi connectivity index (χ1n) is 15.2. The standard InChI is InChI=1S/C23H24O4S.C10H18N4O4S3/c1-23(2)19(12-17-8-9-28-22(17)25)20(23)21(24)27-14-16-11-18(26-13-16)10-15-6-4-3-5-7-15;1-7(19-5)11-17-9(15)13(3)21-14(4)10(16)18-12-8(2)20-6/h3-7,11-13,19-20H,8-10,14H2,1-2H3;1-6H3/b17-12+;11-7-,12-8-/t19-,20-;/m1./s1. The van der Waals surface area contributed by atoms with Crippen LogP contribution in [0.1, 0.15) is 51.0 Å². The Bertz CT molecular complexity index is 1520. The van der Waals surface area contributed by atoms with E-state index in [1.54, 1.807) is 20.1 Å². The minimum absolute atomic E-state index is 0.0793. The Hall–Kier alpha value is -3.34. The van der Waals surface area contributed by atoms with Gasteiger partial charge in [0.25, 0.3) is 0 Å². The van der Waals surface area contributed by atoms with Crippen LogP contribution in [0.3, 0.4) is 0 Å². The van der Waals surface area contributed by atoms with Crippen molar-refractivity contribution in [3.63, 3.8) is 0 Å². The molecule has 0 bridgehead atoms. The minimum Gasteiger partial charge on any atom is -0.469 e. The third kappa shape index (κ3) is 12.5. The fourth-order valence-electron chi connectivity index (χ4n) is 4.54. The van der Waals surface area contributed by atoms with Crippen molar-refractivity contribution in [2.24, 2.45) is 27.6 Å². The zero-order valence-corrected chi connectivity index (χ0v) is 32.1. The zero-order valence-electron chi connectivity index (χ0n) is 28.8. The molecule has 2 atom stereocenters. The molecule has 1 aliphatic carbocycles. The highest BCUT2D eigenvalue weighted by molar-refractivity contribution is 8.14. The number of carbonyl (C=O) groups excluding carboxylic acids is 4. The van der Waals surface area contributed by atoms with Gasteiger partial charge in [0.05, 0.1) is 24.3 Å². The molecule has 4 rings (SSSR count).